The van der Waals surface area contributed by atoms with E-state index in [0.717, 1.165) is 205 Å². The van der Waals surface area contributed by atoms with E-state index in [1.54, 1.807) is 0 Å². The van der Waals surface area contributed by atoms with Crippen LogP contribution in [0.3, 0.4) is 0 Å². The van der Waals surface area contributed by atoms with Gasteiger partial charge in [-0.15, -0.1) is 0 Å². The van der Waals surface area contributed by atoms with Crippen LogP contribution in [0.5, 0.6) is 0 Å². The Morgan fingerprint density at radius 1 is 0.266 bits per heavy atom. The average Bonchev–Trinajstić information content (AvgIpc) is 4.10. The van der Waals surface area contributed by atoms with Gasteiger partial charge in [0.2, 0.25) is 0 Å². The van der Waals surface area contributed by atoms with Gasteiger partial charge in [-0.3, -0.25) is 0 Å². The Balaban J connectivity index is 1.05. The molecule has 0 amide bonds. The van der Waals surface area contributed by atoms with E-state index >= 15 is 0 Å². The zero-order chi connectivity index (χ0) is 42.3. The van der Waals surface area contributed by atoms with Crippen LogP contribution in [-0.2, 0) is 54.1 Å². The van der Waals surface area contributed by atoms with Crippen molar-refractivity contribution in [2.75, 3.05) is 0 Å². The van der Waals surface area contributed by atoms with E-state index in [0.29, 0.717) is 24.2 Å². The molecule has 3 unspecified atom stereocenters. The summed E-state index contributed by atoms with van der Waals surface area (Å²) in [5.41, 5.74) is 0.556. The van der Waals surface area contributed by atoms with Crippen molar-refractivity contribution in [2.45, 2.75) is 263 Å². The van der Waals surface area contributed by atoms with Crippen LogP contribution in [0.15, 0.2) is 0 Å². The van der Waals surface area contributed by atoms with Crippen LogP contribution in [0, 0.1) is 5.92 Å². The van der Waals surface area contributed by atoms with Crippen LogP contribution in [0.1, 0.15) is 205 Å². The molecule has 21 heteroatoms. The van der Waals surface area contributed by atoms with Crippen molar-refractivity contribution in [1.29, 1.82) is 0 Å². The minimum absolute atomic E-state index is 0.0744. The largest absolute Gasteiger partial charge is 0.482 e. The van der Waals surface area contributed by atoms with Gasteiger partial charge in [0.15, 0.2) is 0 Å². The maximum absolute atomic E-state index is 8.53. The third kappa shape index (κ3) is 7.13. The number of hydrogen-bond acceptors (Lipinski definition) is 13. The fraction of sp³-hybridized carbons (Fsp3) is 1.00. The summed E-state index contributed by atoms with van der Waals surface area (Å²) in [5.74, 6) is 0.509. The molecule has 8 saturated carbocycles. The van der Waals surface area contributed by atoms with E-state index in [2.05, 4.69) is 0 Å². The fourth-order valence-corrected chi connectivity index (χ4v) is 72.2. The van der Waals surface area contributed by atoms with Crippen LogP contribution in [0.25, 0.3) is 0 Å². The molecule has 8 bridgehead atoms. The Bertz CT molecular complexity index is 1570. The first-order chi connectivity index (χ1) is 31.3. The van der Waals surface area contributed by atoms with E-state index in [1.165, 1.54) is 0 Å². The van der Waals surface area contributed by atoms with Gasteiger partial charge in [-0.1, -0.05) is 89.9 Å². The smallest absolute Gasteiger partial charge is 0.373 e. The molecule has 15 fully saturated rings. The Morgan fingerprint density at radius 2 is 0.516 bits per heavy atom. The summed E-state index contributed by atoms with van der Waals surface area (Å²) in [6, 6.07) is 0.670. The summed E-state index contributed by atoms with van der Waals surface area (Å²) in [6.45, 7) is 0. The predicted octanol–water partition coefficient (Wildman–Crippen LogP) is 11.3. The molecule has 0 aromatic heterocycles. The first-order valence-electron chi connectivity index (χ1n) is 27.3. The second-order valence-electron chi connectivity index (χ2n) is 23.4. The Hall–Kier alpha value is 1.22. The van der Waals surface area contributed by atoms with Crippen LogP contribution >= 0.6 is 0 Å². The minimum atomic E-state index is -3.92. The number of hydrogen-bond donors (Lipinski definition) is 0. The maximum Gasteiger partial charge on any atom is 0.482 e. The van der Waals surface area contributed by atoms with Crippen LogP contribution in [-0.4, -0.2) is 82.6 Å². The molecule has 7 heterocycles. The summed E-state index contributed by atoms with van der Waals surface area (Å²) >= 11 is 0. The molecule has 0 spiro atoms. The highest BCUT2D eigenvalue weighted by molar-refractivity contribution is 7.04. The Kier molecular flexibility index (Phi) is 11.2. The normalized spacial score (nSPS) is 51.8. The summed E-state index contributed by atoms with van der Waals surface area (Å²) in [6.07, 6.45) is 35.0. The number of fused-ring (bicyclic) bond motifs is 1. The van der Waals surface area contributed by atoms with Crippen molar-refractivity contribution in [3.8, 4) is 0 Å². The zero-order valence-electron chi connectivity index (χ0n) is 38.4. The second kappa shape index (κ2) is 16.4. The first-order valence-corrected chi connectivity index (χ1v) is 41.9. The third-order valence-corrected chi connectivity index (χ3v) is 59.0. The molecule has 8 aliphatic carbocycles. The highest BCUT2D eigenvalue weighted by Gasteiger charge is 2.88. The molecule has 358 valence electrons. The molecular weight excluding hydrogens is 949 g/mol. The first kappa shape index (κ1) is 44.0. The lowest BCUT2D eigenvalue weighted by atomic mass is 9.88. The maximum atomic E-state index is 8.53. The highest BCUT2D eigenvalue weighted by atomic mass is 28.6. The lowest BCUT2D eigenvalue weighted by Gasteiger charge is -2.66. The molecule has 64 heavy (non-hydrogen) atoms. The van der Waals surface area contributed by atoms with Crippen LogP contribution in [0.4, 0.5) is 0 Å². The van der Waals surface area contributed by atoms with Crippen molar-refractivity contribution < 1.29 is 54.1 Å². The number of epoxide rings is 1. The van der Waals surface area contributed by atoms with Gasteiger partial charge in [0.05, 0.1) is 12.2 Å². The molecule has 15 aliphatic rings. The van der Waals surface area contributed by atoms with Crippen molar-refractivity contribution in [3.63, 3.8) is 0 Å². The van der Waals surface area contributed by atoms with Gasteiger partial charge < -0.3 is 54.1 Å². The second-order valence-corrected chi connectivity index (χ2v) is 49.3. The minimum Gasteiger partial charge on any atom is -0.373 e. The van der Waals surface area contributed by atoms with Crippen LogP contribution in [0.2, 0.25) is 44.8 Å². The summed E-state index contributed by atoms with van der Waals surface area (Å²) in [7, 11) is -31.2. The molecule has 7 aliphatic heterocycles. The van der Waals surface area contributed by atoms with Gasteiger partial charge >= 0.3 is 70.4 Å². The highest BCUT2D eigenvalue weighted by Crippen LogP contribution is 2.66. The molecule has 0 radical (unpaired) electrons. The predicted molar refractivity (Wildman–Crippen MR) is 250 cm³/mol. The molecule has 3 atom stereocenters. The van der Waals surface area contributed by atoms with Gasteiger partial charge in [-0.25, -0.2) is 0 Å². The Morgan fingerprint density at radius 3 is 0.766 bits per heavy atom. The van der Waals surface area contributed by atoms with Gasteiger partial charge in [0.1, 0.15) is 0 Å². The lowest BCUT2D eigenvalue weighted by molar-refractivity contribution is -0.0460. The molecule has 7 saturated heterocycles. The standard InChI is InChI=1S/C43H76O13Si8/c1-2-16-35(15-1)58-45-57(32-31-34-29-30-42-43(33-34)44-42)46-59(36-17-3-4-18-36)50-61(48-58,38-21-7-8-22-38)54-64(41-27-13-14-28-41)55-62(49-58,39-23-9-10-24-39)51-60(47-57,37-19-5-6-20-37)53-63(52-59,56-64)40-25-11-12-26-40/h34-43H,1-33H2. The average molecular weight is 1030 g/mol. The lowest BCUT2D eigenvalue weighted by Crippen LogP contribution is -2.90. The van der Waals surface area contributed by atoms with E-state index in [-0.39, 0.29) is 38.8 Å². The van der Waals surface area contributed by atoms with Gasteiger partial charge in [0.25, 0.3) is 0 Å². The summed E-state index contributed by atoms with van der Waals surface area (Å²) in [5, 5.41) is 0. The summed E-state index contributed by atoms with van der Waals surface area (Å²) < 4.78 is 108. The molecule has 0 aromatic carbocycles. The number of ether oxygens (including phenoxy) is 1. The van der Waals surface area contributed by atoms with Gasteiger partial charge in [0, 0.05) is 44.8 Å². The van der Waals surface area contributed by atoms with E-state index < -0.39 is 70.4 Å². The fourth-order valence-electron chi connectivity index (χ4n) is 15.9. The molecule has 15 rings (SSSR count). The van der Waals surface area contributed by atoms with Crippen molar-refractivity contribution in [2.24, 2.45) is 5.92 Å². The van der Waals surface area contributed by atoms with E-state index in [4.69, 9.17) is 54.1 Å². The van der Waals surface area contributed by atoms with Crippen molar-refractivity contribution in [1.82, 2.24) is 0 Å². The molecule has 13 nitrogen and oxygen atoms in total. The van der Waals surface area contributed by atoms with E-state index in [1.807, 2.05) is 0 Å². The zero-order valence-corrected chi connectivity index (χ0v) is 46.4. The Labute approximate surface area is 390 Å². The summed E-state index contributed by atoms with van der Waals surface area (Å²) in [4.78, 5) is 0. The quantitative estimate of drug-likeness (QED) is 0.152. The molecule has 0 aromatic rings. The van der Waals surface area contributed by atoms with Gasteiger partial charge in [-0.05, 0) is 121 Å². The SMILES string of the molecule is C1CCC([Si]23O[Si]4(CCC5CCC6OC6C5)O[Si]5(C6CCCC6)O[Si](C6CCCC6)(O2)O[Si]2(C6CCCC6)O[Si](C6CCCC6)(O3)O[Si](C3CCCC3)(O4)O[Si](C3CCCC3)(O5)O2)C1. The van der Waals surface area contributed by atoms with Crippen molar-refractivity contribution in [3.05, 3.63) is 0 Å². The number of rotatable bonds is 10. The topological polar surface area (TPSA) is 123 Å². The van der Waals surface area contributed by atoms with Crippen LogP contribution < -0.4 is 0 Å². The van der Waals surface area contributed by atoms with E-state index in [9.17, 15) is 0 Å². The third-order valence-electron chi connectivity index (χ3n) is 19.4. The molecular formula is C43H76O13Si8. The van der Waals surface area contributed by atoms with Crippen molar-refractivity contribution >= 4 is 70.4 Å². The molecule has 0 N–H and O–H groups in total. The van der Waals surface area contributed by atoms with Gasteiger partial charge in [-0.2, -0.15) is 0 Å². The monoisotopic (exact) mass is 1020 g/mol.